The third-order valence-electron chi connectivity index (χ3n) is 5.28. The van der Waals surface area contributed by atoms with Crippen LogP contribution in [0.3, 0.4) is 0 Å². The number of nitrogens with one attached hydrogen (secondary N) is 1. The second-order valence-electron chi connectivity index (χ2n) is 6.82. The summed E-state index contributed by atoms with van der Waals surface area (Å²) in [7, 11) is 0. The Labute approximate surface area is 132 Å². The van der Waals surface area contributed by atoms with Gasteiger partial charge >= 0.3 is 0 Å². The van der Waals surface area contributed by atoms with E-state index in [0.717, 1.165) is 31.4 Å². The summed E-state index contributed by atoms with van der Waals surface area (Å²) >= 11 is 0. The number of carbonyl (C=O) groups is 1. The van der Waals surface area contributed by atoms with Crippen LogP contribution in [0, 0.1) is 25.7 Å². The predicted octanol–water partition coefficient (Wildman–Crippen LogP) is 3.06. The number of phenols is 1. The van der Waals surface area contributed by atoms with Crippen LogP contribution in [0.4, 0.5) is 0 Å². The van der Waals surface area contributed by atoms with Gasteiger partial charge in [0.2, 0.25) is 0 Å². The molecule has 1 aliphatic heterocycles. The number of piperidine rings is 1. The van der Waals surface area contributed by atoms with Gasteiger partial charge in [-0.15, -0.1) is 0 Å². The minimum Gasteiger partial charge on any atom is -0.508 e. The average Bonchev–Trinajstić information content (AvgIpc) is 2.49. The van der Waals surface area contributed by atoms with E-state index in [2.05, 4.69) is 24.4 Å². The van der Waals surface area contributed by atoms with Crippen LogP contribution in [-0.4, -0.2) is 23.5 Å². The lowest BCUT2D eigenvalue weighted by Gasteiger charge is -2.39. The Hall–Kier alpha value is -1.61. The molecule has 1 saturated heterocycles. The number of benzene rings is 1. The maximum Gasteiger partial charge on any atom is 0.155 e. The molecular formula is C19H25NO2. The fraction of sp³-hybridized carbons (Fsp3) is 0.526. The molecule has 1 fully saturated rings. The number of rotatable bonds is 3. The van der Waals surface area contributed by atoms with Crippen molar-refractivity contribution < 1.29 is 9.90 Å². The Morgan fingerprint density at radius 2 is 2.09 bits per heavy atom. The van der Waals surface area contributed by atoms with Crippen LogP contribution in [0.15, 0.2) is 24.3 Å². The minimum absolute atomic E-state index is 0.279. The highest BCUT2D eigenvalue weighted by Crippen LogP contribution is 2.33. The van der Waals surface area contributed by atoms with Gasteiger partial charge in [-0.1, -0.05) is 12.1 Å². The van der Waals surface area contributed by atoms with Gasteiger partial charge in [0.1, 0.15) is 5.75 Å². The molecule has 3 heteroatoms. The van der Waals surface area contributed by atoms with Crippen LogP contribution in [0.1, 0.15) is 36.0 Å². The van der Waals surface area contributed by atoms with Crippen LogP contribution in [0.25, 0.3) is 0 Å². The lowest BCUT2D eigenvalue weighted by molar-refractivity contribution is -0.116. The van der Waals surface area contributed by atoms with E-state index in [1.165, 1.54) is 11.1 Å². The molecule has 22 heavy (non-hydrogen) atoms. The molecule has 0 radical (unpaired) electrons. The van der Waals surface area contributed by atoms with Crippen molar-refractivity contribution in [3.05, 3.63) is 41.0 Å². The van der Waals surface area contributed by atoms with Gasteiger partial charge in [0.05, 0.1) is 0 Å². The molecular weight excluding hydrogens is 274 g/mol. The third-order valence-corrected chi connectivity index (χ3v) is 5.28. The van der Waals surface area contributed by atoms with Crippen LogP contribution in [0.5, 0.6) is 5.75 Å². The number of ketones is 1. The Kier molecular flexibility index (Phi) is 4.34. The third kappa shape index (κ3) is 3.09. The maximum atomic E-state index is 11.6. The molecule has 1 heterocycles. The minimum atomic E-state index is 0.279. The van der Waals surface area contributed by atoms with Crippen molar-refractivity contribution in [1.29, 1.82) is 0 Å². The molecule has 0 spiro atoms. The quantitative estimate of drug-likeness (QED) is 0.902. The Morgan fingerprint density at radius 3 is 2.91 bits per heavy atom. The lowest BCUT2D eigenvalue weighted by Crippen LogP contribution is -2.47. The average molecular weight is 299 g/mol. The predicted molar refractivity (Wildman–Crippen MR) is 88.1 cm³/mol. The topological polar surface area (TPSA) is 49.3 Å². The number of aromatic hydroxyl groups is 1. The first kappa shape index (κ1) is 15.3. The van der Waals surface area contributed by atoms with Crippen LogP contribution < -0.4 is 5.32 Å². The molecule has 2 unspecified atom stereocenters. The van der Waals surface area contributed by atoms with E-state index < -0.39 is 0 Å². The number of aryl methyl sites for hydroxylation is 3. The highest BCUT2D eigenvalue weighted by atomic mass is 16.3. The van der Waals surface area contributed by atoms with Gasteiger partial charge < -0.3 is 10.4 Å². The van der Waals surface area contributed by atoms with Gasteiger partial charge in [0.25, 0.3) is 0 Å². The molecule has 2 N–H and O–H groups in total. The first-order chi connectivity index (χ1) is 10.5. The molecule has 1 aliphatic carbocycles. The second-order valence-corrected chi connectivity index (χ2v) is 6.82. The number of hydrogen-bond donors (Lipinski definition) is 2. The summed E-state index contributed by atoms with van der Waals surface area (Å²) in [6, 6.07) is 4.40. The van der Waals surface area contributed by atoms with Crippen molar-refractivity contribution in [3.8, 4) is 5.75 Å². The first-order valence-corrected chi connectivity index (χ1v) is 8.28. The van der Waals surface area contributed by atoms with Crippen molar-refractivity contribution in [1.82, 2.24) is 5.32 Å². The summed E-state index contributed by atoms with van der Waals surface area (Å²) in [5.74, 6) is 1.65. The van der Waals surface area contributed by atoms with Crippen molar-refractivity contribution >= 4 is 5.78 Å². The van der Waals surface area contributed by atoms with Crippen LogP contribution >= 0.6 is 0 Å². The normalized spacial score (nSPS) is 27.7. The Balaban J connectivity index is 1.69. The number of carbonyl (C=O) groups excluding carboxylic acids is 1. The summed E-state index contributed by atoms with van der Waals surface area (Å²) in [5.41, 5.74) is 3.41. The summed E-state index contributed by atoms with van der Waals surface area (Å²) in [6.07, 6.45) is 7.70. The SMILES string of the molecule is Cc1cc(C)c(CC[C@H]2NCCC3CC(=O)C=CC32)cc1O. The molecule has 2 aliphatic rings. The summed E-state index contributed by atoms with van der Waals surface area (Å²) in [4.78, 5) is 11.6. The van der Waals surface area contributed by atoms with E-state index in [-0.39, 0.29) is 5.78 Å². The highest BCUT2D eigenvalue weighted by Gasteiger charge is 2.34. The van der Waals surface area contributed by atoms with Gasteiger partial charge in [0.15, 0.2) is 5.78 Å². The molecule has 0 bridgehead atoms. The molecule has 1 aromatic rings. The van der Waals surface area contributed by atoms with E-state index in [4.69, 9.17) is 0 Å². The van der Waals surface area contributed by atoms with Gasteiger partial charge in [-0.25, -0.2) is 0 Å². The molecule has 0 saturated carbocycles. The maximum absolute atomic E-state index is 11.6. The largest absolute Gasteiger partial charge is 0.508 e. The first-order valence-electron chi connectivity index (χ1n) is 8.28. The van der Waals surface area contributed by atoms with Gasteiger partial charge in [0, 0.05) is 12.5 Å². The molecule has 3 rings (SSSR count). The molecule has 1 aromatic carbocycles. The summed E-state index contributed by atoms with van der Waals surface area (Å²) < 4.78 is 0. The fourth-order valence-corrected chi connectivity index (χ4v) is 3.94. The molecule has 3 atom stereocenters. The van der Waals surface area contributed by atoms with Gasteiger partial charge in [-0.05, 0) is 80.3 Å². The molecule has 0 amide bonds. The van der Waals surface area contributed by atoms with Crippen molar-refractivity contribution in [3.63, 3.8) is 0 Å². The highest BCUT2D eigenvalue weighted by molar-refractivity contribution is 5.90. The Bertz CT molecular complexity index is 606. The molecule has 118 valence electrons. The molecule has 3 nitrogen and oxygen atoms in total. The van der Waals surface area contributed by atoms with E-state index >= 15 is 0 Å². The zero-order valence-electron chi connectivity index (χ0n) is 13.4. The Morgan fingerprint density at radius 1 is 1.27 bits per heavy atom. The van der Waals surface area contributed by atoms with E-state index in [1.807, 2.05) is 13.0 Å². The van der Waals surface area contributed by atoms with Crippen molar-refractivity contribution in [2.24, 2.45) is 11.8 Å². The van der Waals surface area contributed by atoms with Gasteiger partial charge in [-0.3, -0.25) is 4.79 Å². The zero-order valence-corrected chi connectivity index (χ0v) is 13.4. The van der Waals surface area contributed by atoms with Crippen LogP contribution in [0.2, 0.25) is 0 Å². The van der Waals surface area contributed by atoms with Crippen LogP contribution in [-0.2, 0) is 11.2 Å². The van der Waals surface area contributed by atoms with Gasteiger partial charge in [-0.2, -0.15) is 0 Å². The van der Waals surface area contributed by atoms with Crippen molar-refractivity contribution in [2.45, 2.75) is 45.6 Å². The number of hydrogen-bond acceptors (Lipinski definition) is 3. The standard InChI is InChI=1S/C19H25NO2/c1-12-9-13(2)19(22)11-14(12)3-6-18-17-5-4-16(21)10-15(17)7-8-20-18/h4-5,9,11,15,17-18,20,22H,3,6-8,10H2,1-2H3/t15?,17?,18-/m1/s1. The van der Waals surface area contributed by atoms with Crippen molar-refractivity contribution in [2.75, 3.05) is 6.54 Å². The zero-order chi connectivity index (χ0) is 15.7. The monoisotopic (exact) mass is 299 g/mol. The summed E-state index contributed by atoms with van der Waals surface area (Å²) in [5, 5.41) is 13.5. The smallest absolute Gasteiger partial charge is 0.155 e. The second kappa shape index (κ2) is 6.25. The summed E-state index contributed by atoms with van der Waals surface area (Å²) in [6.45, 7) is 5.05. The number of allylic oxidation sites excluding steroid dienone is 1. The number of fused-ring (bicyclic) bond motifs is 1. The number of phenolic OH excluding ortho intramolecular Hbond substituents is 1. The fourth-order valence-electron chi connectivity index (χ4n) is 3.94. The van der Waals surface area contributed by atoms with E-state index in [0.29, 0.717) is 30.0 Å². The van der Waals surface area contributed by atoms with E-state index in [1.54, 1.807) is 6.08 Å². The van der Waals surface area contributed by atoms with E-state index in [9.17, 15) is 9.90 Å². The lowest BCUT2D eigenvalue weighted by atomic mass is 9.73. The molecule has 0 aromatic heterocycles.